The van der Waals surface area contributed by atoms with Crippen molar-refractivity contribution in [1.82, 2.24) is 0 Å². The fourth-order valence-electron chi connectivity index (χ4n) is 1.81. The van der Waals surface area contributed by atoms with E-state index in [1.165, 1.54) is 0 Å². The van der Waals surface area contributed by atoms with Crippen molar-refractivity contribution in [3.05, 3.63) is 74.6 Å². The summed E-state index contributed by atoms with van der Waals surface area (Å²) < 4.78 is 26.1. The van der Waals surface area contributed by atoms with Crippen LogP contribution in [-0.2, 0) is 9.84 Å². The zero-order valence-electron chi connectivity index (χ0n) is 10.7. The first-order valence-corrected chi connectivity index (χ1v) is 8.50. The van der Waals surface area contributed by atoms with Crippen LogP contribution in [0.1, 0.15) is 16.5 Å². The highest BCUT2D eigenvalue weighted by molar-refractivity contribution is 14.1. The van der Waals surface area contributed by atoms with Gasteiger partial charge < -0.3 is 0 Å². The Morgan fingerprint density at radius 1 is 1.05 bits per heavy atom. The van der Waals surface area contributed by atoms with Crippen LogP contribution in [0.3, 0.4) is 0 Å². The monoisotopic (exact) mass is 397 g/mol. The lowest BCUT2D eigenvalue weighted by Crippen LogP contribution is -2.10. The minimum Gasteiger partial charge on any atom is -0.291 e. The van der Waals surface area contributed by atoms with E-state index in [1.54, 1.807) is 48.5 Å². The van der Waals surface area contributed by atoms with E-state index in [1.807, 2.05) is 6.92 Å². The standard InChI is InChI=1S/C15H12INO2S/c1-11-3-9-14(10-4-11)20(18,19)15(17-2)12-5-7-13(16)8-6-12/h3-10,15H,1H3/t15-/m0/s1. The van der Waals surface area contributed by atoms with Crippen LogP contribution in [0.25, 0.3) is 4.85 Å². The highest BCUT2D eigenvalue weighted by atomic mass is 127. The van der Waals surface area contributed by atoms with Gasteiger partial charge in [-0.1, -0.05) is 17.7 Å². The van der Waals surface area contributed by atoms with Gasteiger partial charge in [0.15, 0.2) is 0 Å². The molecule has 3 nitrogen and oxygen atoms in total. The molecule has 20 heavy (non-hydrogen) atoms. The van der Waals surface area contributed by atoms with Gasteiger partial charge >= 0.3 is 5.37 Å². The van der Waals surface area contributed by atoms with Gasteiger partial charge in [0, 0.05) is 3.57 Å². The maximum atomic E-state index is 12.5. The predicted octanol–water partition coefficient (Wildman–Crippen LogP) is 3.99. The van der Waals surface area contributed by atoms with Crippen LogP contribution in [0.2, 0.25) is 0 Å². The van der Waals surface area contributed by atoms with Crippen LogP contribution in [0.15, 0.2) is 53.4 Å². The van der Waals surface area contributed by atoms with E-state index in [4.69, 9.17) is 6.57 Å². The highest BCUT2D eigenvalue weighted by Gasteiger charge is 2.34. The van der Waals surface area contributed by atoms with Gasteiger partial charge in [0.2, 0.25) is 0 Å². The molecular weight excluding hydrogens is 385 g/mol. The largest absolute Gasteiger partial charge is 0.350 e. The molecule has 0 saturated carbocycles. The van der Waals surface area contributed by atoms with E-state index in [-0.39, 0.29) is 4.90 Å². The van der Waals surface area contributed by atoms with Crippen molar-refractivity contribution < 1.29 is 8.42 Å². The summed E-state index contributed by atoms with van der Waals surface area (Å²) in [7, 11) is -3.69. The molecule has 0 unspecified atom stereocenters. The normalized spacial score (nSPS) is 12.7. The second-order valence-electron chi connectivity index (χ2n) is 4.39. The molecule has 0 bridgehead atoms. The van der Waals surface area contributed by atoms with Gasteiger partial charge in [-0.2, -0.15) is 0 Å². The second kappa shape index (κ2) is 5.94. The Morgan fingerprint density at radius 3 is 2.10 bits per heavy atom. The number of benzene rings is 2. The zero-order valence-corrected chi connectivity index (χ0v) is 13.7. The van der Waals surface area contributed by atoms with Crippen LogP contribution in [0.4, 0.5) is 0 Å². The van der Waals surface area contributed by atoms with Crippen LogP contribution in [0, 0.1) is 17.1 Å². The fraction of sp³-hybridized carbons (Fsp3) is 0.133. The Labute approximate surface area is 132 Å². The van der Waals surface area contributed by atoms with Crippen molar-refractivity contribution in [2.75, 3.05) is 0 Å². The predicted molar refractivity (Wildman–Crippen MR) is 86.9 cm³/mol. The minimum atomic E-state index is -3.69. The average molecular weight is 397 g/mol. The molecule has 0 aliphatic rings. The smallest absolute Gasteiger partial charge is 0.291 e. The molecule has 0 amide bonds. The zero-order chi connectivity index (χ0) is 14.8. The van der Waals surface area contributed by atoms with E-state index in [9.17, 15) is 8.42 Å². The van der Waals surface area contributed by atoms with Crippen molar-refractivity contribution in [2.24, 2.45) is 0 Å². The number of nitrogens with zero attached hydrogens (tertiary/aromatic N) is 1. The third-order valence-corrected chi connectivity index (χ3v) is 5.53. The third kappa shape index (κ3) is 3.02. The molecule has 0 spiro atoms. The molecule has 0 saturated heterocycles. The molecule has 0 aliphatic carbocycles. The molecule has 2 rings (SSSR count). The van der Waals surface area contributed by atoms with Crippen molar-refractivity contribution in [3.63, 3.8) is 0 Å². The lowest BCUT2D eigenvalue weighted by atomic mass is 10.2. The summed E-state index contributed by atoms with van der Waals surface area (Å²) in [5, 5.41) is -1.19. The fourth-order valence-corrected chi connectivity index (χ4v) is 3.59. The van der Waals surface area contributed by atoms with Crippen LogP contribution in [-0.4, -0.2) is 8.42 Å². The van der Waals surface area contributed by atoms with Gasteiger partial charge in [0.05, 0.1) is 10.5 Å². The van der Waals surface area contributed by atoms with Gasteiger partial charge in [-0.05, 0) is 65.9 Å². The summed E-state index contributed by atoms with van der Waals surface area (Å²) in [6, 6.07) is 13.6. The average Bonchev–Trinajstić information content (AvgIpc) is 2.42. The van der Waals surface area contributed by atoms with Crippen LogP contribution in [0.5, 0.6) is 0 Å². The molecule has 102 valence electrons. The van der Waals surface area contributed by atoms with Crippen LogP contribution >= 0.6 is 22.6 Å². The lowest BCUT2D eigenvalue weighted by molar-refractivity contribution is 0.590. The number of hydrogen-bond donors (Lipinski definition) is 0. The Morgan fingerprint density at radius 2 is 1.60 bits per heavy atom. The number of sulfone groups is 1. The minimum absolute atomic E-state index is 0.183. The summed E-state index contributed by atoms with van der Waals surface area (Å²) in [6.07, 6.45) is 0. The molecule has 2 aromatic rings. The van der Waals surface area contributed by atoms with E-state index < -0.39 is 15.2 Å². The Hall–Kier alpha value is -1.39. The van der Waals surface area contributed by atoms with Gasteiger partial charge in [0.25, 0.3) is 9.84 Å². The van der Waals surface area contributed by atoms with Crippen molar-refractivity contribution in [3.8, 4) is 0 Å². The first-order chi connectivity index (χ1) is 9.45. The SMILES string of the molecule is [C-]#[N+][C@H](c1ccc(I)cc1)S(=O)(=O)c1ccc(C)cc1. The summed E-state index contributed by atoms with van der Waals surface area (Å²) in [5.74, 6) is 0. The molecule has 0 aliphatic heterocycles. The maximum absolute atomic E-state index is 12.5. The Balaban J connectivity index is 2.48. The first-order valence-electron chi connectivity index (χ1n) is 5.88. The molecule has 0 fully saturated rings. The van der Waals surface area contributed by atoms with Gasteiger partial charge in [-0.25, -0.2) is 15.0 Å². The maximum Gasteiger partial charge on any atom is 0.350 e. The molecular formula is C15H12INO2S. The van der Waals surface area contributed by atoms with Crippen molar-refractivity contribution >= 4 is 32.4 Å². The summed E-state index contributed by atoms with van der Waals surface area (Å²) in [4.78, 5) is 3.50. The molecule has 5 heteroatoms. The summed E-state index contributed by atoms with van der Waals surface area (Å²) in [6.45, 7) is 9.13. The number of rotatable bonds is 3. The van der Waals surface area contributed by atoms with E-state index >= 15 is 0 Å². The summed E-state index contributed by atoms with van der Waals surface area (Å²) in [5.41, 5.74) is 1.48. The Bertz CT molecular complexity index is 744. The van der Waals surface area contributed by atoms with Gasteiger partial charge in [-0.15, -0.1) is 0 Å². The highest BCUT2D eigenvalue weighted by Crippen LogP contribution is 2.30. The molecule has 0 radical (unpaired) electrons. The van der Waals surface area contributed by atoms with E-state index in [0.717, 1.165) is 9.13 Å². The number of hydrogen-bond acceptors (Lipinski definition) is 2. The van der Waals surface area contributed by atoms with E-state index in [0.29, 0.717) is 5.56 Å². The number of aryl methyl sites for hydroxylation is 1. The second-order valence-corrected chi connectivity index (χ2v) is 7.64. The van der Waals surface area contributed by atoms with Crippen LogP contribution < -0.4 is 0 Å². The first kappa shape index (κ1) is 15.0. The van der Waals surface area contributed by atoms with Crippen molar-refractivity contribution in [2.45, 2.75) is 17.2 Å². The molecule has 1 atom stereocenters. The topological polar surface area (TPSA) is 38.5 Å². The molecule has 0 aromatic heterocycles. The number of halogens is 1. The molecule has 0 heterocycles. The summed E-state index contributed by atoms with van der Waals surface area (Å²) >= 11 is 2.14. The quantitative estimate of drug-likeness (QED) is 0.580. The third-order valence-electron chi connectivity index (χ3n) is 2.92. The molecule has 0 N–H and O–H groups in total. The van der Waals surface area contributed by atoms with E-state index in [2.05, 4.69) is 27.4 Å². The van der Waals surface area contributed by atoms with Gasteiger partial charge in [-0.3, -0.25) is 4.85 Å². The van der Waals surface area contributed by atoms with Gasteiger partial charge in [0.1, 0.15) is 0 Å². The lowest BCUT2D eigenvalue weighted by Gasteiger charge is -2.08. The molecule has 2 aromatic carbocycles. The van der Waals surface area contributed by atoms with Crippen molar-refractivity contribution in [1.29, 1.82) is 0 Å². The Kier molecular flexibility index (Phi) is 4.45.